The molecule has 15 heavy (non-hydrogen) atoms. The summed E-state index contributed by atoms with van der Waals surface area (Å²) in [6.45, 7) is 6.63. The normalized spacial score (nSPS) is 26.8. The molecule has 0 saturated carbocycles. The van der Waals surface area contributed by atoms with Gasteiger partial charge in [-0.25, -0.2) is 0 Å². The van der Waals surface area contributed by atoms with E-state index in [0.29, 0.717) is 0 Å². The van der Waals surface area contributed by atoms with Crippen molar-refractivity contribution >= 4 is 5.97 Å². The number of carboxylic acids is 1. The summed E-state index contributed by atoms with van der Waals surface area (Å²) >= 11 is 0. The van der Waals surface area contributed by atoms with Crippen molar-refractivity contribution in [3.63, 3.8) is 0 Å². The third-order valence-corrected chi connectivity index (χ3v) is 3.04. The summed E-state index contributed by atoms with van der Waals surface area (Å²) in [7, 11) is 0. The van der Waals surface area contributed by atoms with E-state index in [9.17, 15) is 4.79 Å². The second-order valence-corrected chi connectivity index (χ2v) is 4.19. The van der Waals surface area contributed by atoms with E-state index in [1.165, 1.54) is 0 Å². The lowest BCUT2D eigenvalue weighted by molar-refractivity contribution is -0.145. The second-order valence-electron chi connectivity index (χ2n) is 4.19. The first-order valence-corrected chi connectivity index (χ1v) is 5.50. The van der Waals surface area contributed by atoms with E-state index in [2.05, 4.69) is 16.7 Å². The van der Waals surface area contributed by atoms with E-state index < -0.39 is 5.97 Å². The second kappa shape index (κ2) is 5.77. The Balaban J connectivity index is 2.36. The number of likely N-dealkylation sites (tertiary alicyclic amines) is 1. The van der Waals surface area contributed by atoms with Crippen LogP contribution in [0, 0.1) is 23.7 Å². The van der Waals surface area contributed by atoms with Gasteiger partial charge in [0.1, 0.15) is 0 Å². The van der Waals surface area contributed by atoms with Crippen molar-refractivity contribution in [1.29, 1.82) is 0 Å². The van der Waals surface area contributed by atoms with Gasteiger partial charge >= 0.3 is 5.97 Å². The molecule has 0 radical (unpaired) electrons. The van der Waals surface area contributed by atoms with E-state index in [-0.39, 0.29) is 11.8 Å². The molecule has 1 rings (SSSR count). The molecular weight excluding hydrogens is 190 g/mol. The van der Waals surface area contributed by atoms with Gasteiger partial charge in [0, 0.05) is 19.5 Å². The minimum Gasteiger partial charge on any atom is -0.481 e. The summed E-state index contributed by atoms with van der Waals surface area (Å²) in [6, 6.07) is 0. The van der Waals surface area contributed by atoms with Gasteiger partial charge in [0.25, 0.3) is 0 Å². The number of carbonyl (C=O) groups is 1. The van der Waals surface area contributed by atoms with Crippen LogP contribution in [-0.2, 0) is 4.79 Å². The first-order chi connectivity index (χ1) is 7.15. The smallest absolute Gasteiger partial charge is 0.306 e. The Bertz CT molecular complexity index is 277. The van der Waals surface area contributed by atoms with Crippen molar-refractivity contribution in [3.8, 4) is 11.8 Å². The van der Waals surface area contributed by atoms with E-state index >= 15 is 0 Å². The van der Waals surface area contributed by atoms with Crippen LogP contribution in [0.25, 0.3) is 0 Å². The Morgan fingerprint density at radius 2 is 2.33 bits per heavy atom. The predicted molar refractivity (Wildman–Crippen MR) is 59.4 cm³/mol. The minimum absolute atomic E-state index is 0.154. The van der Waals surface area contributed by atoms with Crippen molar-refractivity contribution in [2.75, 3.05) is 19.6 Å². The fraction of sp³-hybridized carbons (Fsp3) is 0.750. The third kappa shape index (κ3) is 3.56. The van der Waals surface area contributed by atoms with E-state index in [4.69, 9.17) is 5.11 Å². The molecule has 3 heteroatoms. The molecule has 0 spiro atoms. The fourth-order valence-electron chi connectivity index (χ4n) is 2.14. The molecular formula is C12H19NO2. The van der Waals surface area contributed by atoms with E-state index in [1.54, 1.807) is 0 Å². The number of carboxylic acid groups (broad SMARTS) is 1. The molecule has 1 fully saturated rings. The maximum absolute atomic E-state index is 10.9. The molecule has 0 aliphatic carbocycles. The number of hydrogen-bond acceptors (Lipinski definition) is 2. The Morgan fingerprint density at radius 1 is 1.60 bits per heavy atom. The van der Waals surface area contributed by atoms with Crippen LogP contribution >= 0.6 is 0 Å². The van der Waals surface area contributed by atoms with Gasteiger partial charge < -0.3 is 10.0 Å². The van der Waals surface area contributed by atoms with Crippen LogP contribution in [0.1, 0.15) is 26.7 Å². The van der Waals surface area contributed by atoms with Gasteiger partial charge in [-0.2, -0.15) is 0 Å². The molecule has 0 aromatic carbocycles. The lowest BCUT2D eigenvalue weighted by Crippen LogP contribution is -2.42. The average molecular weight is 209 g/mol. The van der Waals surface area contributed by atoms with Crippen LogP contribution in [0.15, 0.2) is 0 Å². The van der Waals surface area contributed by atoms with Gasteiger partial charge in [-0.15, -0.1) is 11.8 Å². The van der Waals surface area contributed by atoms with Gasteiger partial charge in [0.05, 0.1) is 5.92 Å². The lowest BCUT2D eigenvalue weighted by Gasteiger charge is -2.34. The quantitative estimate of drug-likeness (QED) is 0.715. The van der Waals surface area contributed by atoms with Crippen LogP contribution in [0.4, 0.5) is 0 Å². The van der Waals surface area contributed by atoms with Crippen molar-refractivity contribution in [1.82, 2.24) is 4.90 Å². The summed E-state index contributed by atoms with van der Waals surface area (Å²) in [5, 5.41) is 8.97. The standard InChI is InChI=1S/C12H19NO2/c1-3-4-5-7-13-8-6-11(12(14)15)10(2)9-13/h10-11H,5-9H2,1-2H3,(H,14,15). The highest BCUT2D eigenvalue weighted by Gasteiger charge is 2.30. The average Bonchev–Trinajstić information content (AvgIpc) is 2.17. The Hall–Kier alpha value is -1.01. The van der Waals surface area contributed by atoms with Crippen LogP contribution in [0.5, 0.6) is 0 Å². The number of aliphatic carboxylic acids is 1. The monoisotopic (exact) mass is 209 g/mol. The molecule has 2 atom stereocenters. The number of piperidine rings is 1. The highest BCUT2D eigenvalue weighted by molar-refractivity contribution is 5.70. The van der Waals surface area contributed by atoms with Gasteiger partial charge in [0.2, 0.25) is 0 Å². The molecule has 0 amide bonds. The zero-order valence-electron chi connectivity index (χ0n) is 9.49. The fourth-order valence-corrected chi connectivity index (χ4v) is 2.14. The molecule has 1 heterocycles. The maximum atomic E-state index is 10.9. The summed E-state index contributed by atoms with van der Waals surface area (Å²) in [4.78, 5) is 13.2. The topological polar surface area (TPSA) is 40.5 Å². The van der Waals surface area contributed by atoms with Crippen LogP contribution < -0.4 is 0 Å². The SMILES string of the molecule is CC#CCCN1CCC(C(=O)O)C(C)C1. The molecule has 1 N–H and O–H groups in total. The lowest BCUT2D eigenvalue weighted by atomic mass is 9.87. The molecule has 0 bridgehead atoms. The van der Waals surface area contributed by atoms with E-state index in [1.807, 2.05) is 13.8 Å². The summed E-state index contributed by atoms with van der Waals surface area (Å²) in [6.07, 6.45) is 1.66. The minimum atomic E-state index is -0.643. The molecule has 0 aromatic rings. The van der Waals surface area contributed by atoms with Gasteiger partial charge in [-0.05, 0) is 25.8 Å². The molecule has 3 nitrogen and oxygen atoms in total. The zero-order chi connectivity index (χ0) is 11.3. The molecule has 1 saturated heterocycles. The van der Waals surface area contributed by atoms with Crippen molar-refractivity contribution < 1.29 is 9.90 Å². The Labute approximate surface area is 91.5 Å². The number of hydrogen-bond donors (Lipinski definition) is 1. The van der Waals surface area contributed by atoms with Crippen molar-refractivity contribution in [2.24, 2.45) is 11.8 Å². The van der Waals surface area contributed by atoms with Crippen molar-refractivity contribution in [3.05, 3.63) is 0 Å². The zero-order valence-corrected chi connectivity index (χ0v) is 9.49. The Kier molecular flexibility index (Phi) is 4.64. The number of nitrogens with zero attached hydrogens (tertiary/aromatic N) is 1. The van der Waals surface area contributed by atoms with Gasteiger partial charge in [0.15, 0.2) is 0 Å². The summed E-state index contributed by atoms with van der Waals surface area (Å²) in [5.74, 6) is 5.37. The molecule has 84 valence electrons. The molecule has 1 aliphatic heterocycles. The van der Waals surface area contributed by atoms with Crippen LogP contribution in [0.3, 0.4) is 0 Å². The van der Waals surface area contributed by atoms with E-state index in [0.717, 1.165) is 32.5 Å². The summed E-state index contributed by atoms with van der Waals surface area (Å²) < 4.78 is 0. The van der Waals surface area contributed by atoms with Crippen LogP contribution in [-0.4, -0.2) is 35.6 Å². The van der Waals surface area contributed by atoms with Gasteiger partial charge in [-0.3, -0.25) is 4.79 Å². The highest BCUT2D eigenvalue weighted by atomic mass is 16.4. The summed E-state index contributed by atoms with van der Waals surface area (Å²) in [5.41, 5.74) is 0. The van der Waals surface area contributed by atoms with Gasteiger partial charge in [-0.1, -0.05) is 6.92 Å². The predicted octanol–water partition coefficient (Wildman–Crippen LogP) is 1.44. The first kappa shape index (κ1) is 12.1. The third-order valence-electron chi connectivity index (χ3n) is 3.04. The van der Waals surface area contributed by atoms with Crippen molar-refractivity contribution in [2.45, 2.75) is 26.7 Å². The molecule has 2 unspecified atom stereocenters. The first-order valence-electron chi connectivity index (χ1n) is 5.50. The largest absolute Gasteiger partial charge is 0.481 e. The molecule has 0 aromatic heterocycles. The molecule has 1 aliphatic rings. The maximum Gasteiger partial charge on any atom is 0.306 e. The highest BCUT2D eigenvalue weighted by Crippen LogP contribution is 2.23. The van der Waals surface area contributed by atoms with Crippen LogP contribution in [0.2, 0.25) is 0 Å². The Morgan fingerprint density at radius 3 is 2.87 bits per heavy atom. The number of rotatable bonds is 3.